The average Bonchev–Trinajstić information content (AvgIpc) is 2.64. The number of pyridine rings is 1. The van der Waals surface area contributed by atoms with E-state index in [0.29, 0.717) is 6.54 Å². The Hall–Kier alpha value is -2.60. The molecule has 0 aliphatic carbocycles. The van der Waals surface area contributed by atoms with Crippen LogP contribution in [0.5, 0.6) is 0 Å². The number of urea groups is 1. The molecule has 25 heavy (non-hydrogen) atoms. The van der Waals surface area contributed by atoms with E-state index in [0.717, 1.165) is 23.4 Å². The number of anilines is 1. The van der Waals surface area contributed by atoms with Crippen molar-refractivity contribution < 1.29 is 9.90 Å². The summed E-state index contributed by atoms with van der Waals surface area (Å²) in [6, 6.07) is 10.9. The number of hydrogen-bond acceptors (Lipinski definition) is 4. The first-order chi connectivity index (χ1) is 12.0. The number of nitrogens with one attached hydrogen (secondary N) is 2. The van der Waals surface area contributed by atoms with Gasteiger partial charge in [0.25, 0.3) is 0 Å². The van der Waals surface area contributed by atoms with Crippen LogP contribution in [0.15, 0.2) is 42.6 Å². The molecule has 2 aromatic rings. The molecule has 1 heterocycles. The number of aromatic nitrogens is 1. The second kappa shape index (κ2) is 9.03. The predicted octanol–water partition coefficient (Wildman–Crippen LogP) is 2.24. The van der Waals surface area contributed by atoms with E-state index >= 15 is 0 Å². The highest BCUT2D eigenvalue weighted by Crippen LogP contribution is 2.15. The third kappa shape index (κ3) is 5.19. The van der Waals surface area contributed by atoms with Gasteiger partial charge in [-0.25, -0.2) is 9.78 Å². The molecule has 0 radical (unpaired) electrons. The van der Waals surface area contributed by atoms with Crippen LogP contribution in [0.3, 0.4) is 0 Å². The maximum atomic E-state index is 12.2. The molecule has 1 aromatic carbocycles. The molecule has 0 spiro atoms. The molecule has 6 heteroatoms. The van der Waals surface area contributed by atoms with E-state index in [1.165, 1.54) is 5.56 Å². The SMILES string of the molecule is CCc1ccc(C(CO)NC(=O)NCc2cccnc2N(C)C)cc1. The van der Waals surface area contributed by atoms with Crippen LogP contribution in [0, 0.1) is 0 Å². The van der Waals surface area contributed by atoms with Crippen molar-refractivity contribution in [3.8, 4) is 0 Å². The number of aliphatic hydroxyl groups excluding tert-OH is 1. The van der Waals surface area contributed by atoms with Crippen molar-refractivity contribution in [2.45, 2.75) is 25.9 Å². The van der Waals surface area contributed by atoms with Gasteiger partial charge in [0.2, 0.25) is 0 Å². The molecule has 1 unspecified atom stereocenters. The van der Waals surface area contributed by atoms with Crippen molar-refractivity contribution >= 4 is 11.8 Å². The lowest BCUT2D eigenvalue weighted by atomic mass is 10.0. The van der Waals surface area contributed by atoms with Gasteiger partial charge in [-0.1, -0.05) is 37.3 Å². The number of benzene rings is 1. The first-order valence-electron chi connectivity index (χ1n) is 8.40. The number of nitrogens with zero attached hydrogens (tertiary/aromatic N) is 2. The Bertz CT molecular complexity index is 686. The van der Waals surface area contributed by atoms with Crippen LogP contribution in [-0.2, 0) is 13.0 Å². The van der Waals surface area contributed by atoms with Crippen molar-refractivity contribution in [1.82, 2.24) is 15.6 Å². The minimum Gasteiger partial charge on any atom is -0.394 e. The molecule has 0 aliphatic rings. The Morgan fingerprint density at radius 2 is 1.96 bits per heavy atom. The molecule has 0 saturated heterocycles. The summed E-state index contributed by atoms with van der Waals surface area (Å²) >= 11 is 0. The summed E-state index contributed by atoms with van der Waals surface area (Å²) in [6.45, 7) is 2.29. The smallest absolute Gasteiger partial charge is 0.315 e. The normalized spacial score (nSPS) is 11.7. The standard InChI is InChI=1S/C19H26N4O2/c1-4-14-7-9-15(10-8-14)17(13-24)22-19(25)21-12-16-6-5-11-20-18(16)23(2)3/h5-11,17,24H,4,12-13H2,1-3H3,(H2,21,22,25). The Balaban J connectivity index is 1.96. The van der Waals surface area contributed by atoms with Gasteiger partial charge >= 0.3 is 6.03 Å². The molecule has 0 saturated carbocycles. The van der Waals surface area contributed by atoms with Crippen molar-refractivity contribution in [3.63, 3.8) is 0 Å². The highest BCUT2D eigenvalue weighted by Gasteiger charge is 2.14. The van der Waals surface area contributed by atoms with Gasteiger partial charge in [-0.05, 0) is 23.6 Å². The van der Waals surface area contributed by atoms with Crippen molar-refractivity contribution in [2.24, 2.45) is 0 Å². The maximum Gasteiger partial charge on any atom is 0.315 e. The van der Waals surface area contributed by atoms with Gasteiger partial charge in [-0.3, -0.25) is 0 Å². The molecule has 6 nitrogen and oxygen atoms in total. The summed E-state index contributed by atoms with van der Waals surface area (Å²) < 4.78 is 0. The van der Waals surface area contributed by atoms with Gasteiger partial charge < -0.3 is 20.6 Å². The van der Waals surface area contributed by atoms with Crippen LogP contribution in [0.1, 0.15) is 29.7 Å². The van der Waals surface area contributed by atoms with Gasteiger partial charge in [-0.2, -0.15) is 0 Å². The highest BCUT2D eigenvalue weighted by molar-refractivity contribution is 5.74. The second-order valence-corrected chi connectivity index (χ2v) is 6.04. The fraction of sp³-hybridized carbons (Fsp3) is 0.368. The third-order valence-electron chi connectivity index (χ3n) is 4.01. The fourth-order valence-electron chi connectivity index (χ4n) is 2.58. The lowest BCUT2D eigenvalue weighted by Gasteiger charge is -2.19. The van der Waals surface area contributed by atoms with Crippen LogP contribution in [-0.4, -0.2) is 36.8 Å². The quantitative estimate of drug-likeness (QED) is 0.721. The zero-order valence-electron chi connectivity index (χ0n) is 15.0. The van der Waals surface area contributed by atoms with Gasteiger partial charge in [0.1, 0.15) is 5.82 Å². The predicted molar refractivity (Wildman–Crippen MR) is 99.6 cm³/mol. The topological polar surface area (TPSA) is 77.5 Å². The average molecular weight is 342 g/mol. The zero-order valence-corrected chi connectivity index (χ0v) is 15.0. The molecule has 2 rings (SSSR count). The van der Waals surface area contributed by atoms with Crippen molar-refractivity contribution in [2.75, 3.05) is 25.6 Å². The summed E-state index contributed by atoms with van der Waals surface area (Å²) in [6.07, 6.45) is 2.68. The summed E-state index contributed by atoms with van der Waals surface area (Å²) in [4.78, 5) is 18.4. The van der Waals surface area contributed by atoms with E-state index in [1.54, 1.807) is 6.20 Å². The van der Waals surface area contributed by atoms with Gasteiger partial charge in [0, 0.05) is 32.4 Å². The first-order valence-corrected chi connectivity index (χ1v) is 8.40. The molecule has 2 amide bonds. The van der Waals surface area contributed by atoms with Gasteiger partial charge in [0.05, 0.1) is 12.6 Å². The molecule has 0 fully saturated rings. The van der Waals surface area contributed by atoms with Gasteiger partial charge in [0.15, 0.2) is 0 Å². The number of rotatable bonds is 7. The lowest BCUT2D eigenvalue weighted by Crippen LogP contribution is -2.39. The number of aryl methyl sites for hydroxylation is 1. The van der Waals surface area contributed by atoms with E-state index < -0.39 is 6.04 Å². The number of carbonyl (C=O) groups excluding carboxylic acids is 1. The Kier molecular flexibility index (Phi) is 6.77. The molecule has 3 N–H and O–H groups in total. The third-order valence-corrected chi connectivity index (χ3v) is 4.01. The summed E-state index contributed by atoms with van der Waals surface area (Å²) in [5.41, 5.74) is 3.03. The first kappa shape index (κ1) is 18.7. The molecule has 0 bridgehead atoms. The molecule has 1 atom stereocenters. The molecular formula is C19H26N4O2. The van der Waals surface area contributed by atoms with Crippen LogP contribution in [0.4, 0.5) is 10.6 Å². The molecule has 1 aromatic heterocycles. The Morgan fingerprint density at radius 3 is 2.56 bits per heavy atom. The number of carbonyl (C=O) groups is 1. The van der Waals surface area contributed by atoms with Crippen LogP contribution in [0.2, 0.25) is 0 Å². The largest absolute Gasteiger partial charge is 0.394 e. The zero-order chi connectivity index (χ0) is 18.2. The Labute approximate surface area is 148 Å². The molecule has 134 valence electrons. The second-order valence-electron chi connectivity index (χ2n) is 6.04. The van der Waals surface area contributed by atoms with Crippen LogP contribution < -0.4 is 15.5 Å². The van der Waals surface area contributed by atoms with Gasteiger partial charge in [-0.15, -0.1) is 0 Å². The van der Waals surface area contributed by atoms with Crippen LogP contribution in [0.25, 0.3) is 0 Å². The van der Waals surface area contributed by atoms with Crippen LogP contribution >= 0.6 is 0 Å². The number of aliphatic hydroxyl groups is 1. The monoisotopic (exact) mass is 342 g/mol. The molecular weight excluding hydrogens is 316 g/mol. The van der Waals surface area contributed by atoms with E-state index in [1.807, 2.05) is 55.4 Å². The summed E-state index contributed by atoms with van der Waals surface area (Å²) in [7, 11) is 3.82. The summed E-state index contributed by atoms with van der Waals surface area (Å²) in [5.74, 6) is 0.816. The minimum absolute atomic E-state index is 0.158. The Morgan fingerprint density at radius 1 is 1.24 bits per heavy atom. The van der Waals surface area contributed by atoms with Crippen molar-refractivity contribution in [1.29, 1.82) is 0 Å². The van der Waals surface area contributed by atoms with E-state index in [2.05, 4.69) is 22.5 Å². The lowest BCUT2D eigenvalue weighted by molar-refractivity contribution is 0.216. The number of hydrogen-bond donors (Lipinski definition) is 3. The van der Waals surface area contributed by atoms with E-state index in [-0.39, 0.29) is 12.6 Å². The number of amides is 2. The fourth-order valence-corrected chi connectivity index (χ4v) is 2.58. The van der Waals surface area contributed by atoms with E-state index in [9.17, 15) is 9.90 Å². The molecule has 0 aliphatic heterocycles. The van der Waals surface area contributed by atoms with E-state index in [4.69, 9.17) is 0 Å². The van der Waals surface area contributed by atoms with Crippen molar-refractivity contribution in [3.05, 3.63) is 59.3 Å². The highest BCUT2D eigenvalue weighted by atomic mass is 16.3. The minimum atomic E-state index is -0.437. The summed E-state index contributed by atoms with van der Waals surface area (Å²) in [5, 5.41) is 15.2. The maximum absolute atomic E-state index is 12.2.